The van der Waals surface area contributed by atoms with Crippen LogP contribution in [-0.4, -0.2) is 56.0 Å². The molecule has 2 heterocycles. The smallest absolute Gasteiger partial charge is 0.354 e. The number of ether oxygens (including phenoxy) is 2. The van der Waals surface area contributed by atoms with Crippen molar-refractivity contribution in [2.75, 3.05) is 26.1 Å². The maximum absolute atomic E-state index is 13.2. The molecule has 0 aliphatic carbocycles. The number of aromatic nitrogens is 1. The van der Waals surface area contributed by atoms with Gasteiger partial charge in [0.15, 0.2) is 0 Å². The number of nitrogens with one attached hydrogen (secondary N) is 1. The molecule has 0 saturated carbocycles. The molecule has 1 saturated heterocycles. The van der Waals surface area contributed by atoms with Crippen molar-refractivity contribution < 1.29 is 27.5 Å². The normalized spacial score (nSPS) is 17.0. The summed E-state index contributed by atoms with van der Waals surface area (Å²) >= 11 is 6.09. The molecule has 162 valence electrons. The minimum atomic E-state index is -3.99. The lowest BCUT2D eigenvalue weighted by atomic mass is 10.2. The molecule has 1 aromatic carbocycles. The summed E-state index contributed by atoms with van der Waals surface area (Å²) in [5, 5.41) is 3.03. The number of sulfonamides is 1. The molecule has 1 atom stereocenters. The zero-order valence-corrected chi connectivity index (χ0v) is 18.3. The van der Waals surface area contributed by atoms with Gasteiger partial charge in [-0.25, -0.2) is 13.2 Å². The molecule has 1 amide bonds. The number of aryl methyl sites for hydroxylation is 1. The molecule has 30 heavy (non-hydrogen) atoms. The SMILES string of the molecule is COC(=O)c1cc(S(=O)(=O)N2CCC[C@@H]2C(=O)Nc2ccc(OC)c(Cl)c2)cn1C. The lowest BCUT2D eigenvalue weighted by Gasteiger charge is -2.23. The first-order valence-electron chi connectivity index (χ1n) is 9.10. The Hall–Kier alpha value is -2.56. The second kappa shape index (κ2) is 8.66. The number of rotatable bonds is 6. The molecule has 0 radical (unpaired) electrons. The Bertz CT molecular complexity index is 1080. The van der Waals surface area contributed by atoms with E-state index in [0.717, 1.165) is 4.31 Å². The fourth-order valence-corrected chi connectivity index (χ4v) is 5.36. The van der Waals surface area contributed by atoms with Gasteiger partial charge < -0.3 is 19.4 Å². The number of hydrogen-bond donors (Lipinski definition) is 1. The third kappa shape index (κ3) is 4.16. The second-order valence-electron chi connectivity index (χ2n) is 6.78. The van der Waals surface area contributed by atoms with E-state index in [1.807, 2.05) is 0 Å². The topological polar surface area (TPSA) is 107 Å². The Morgan fingerprint density at radius 3 is 2.60 bits per heavy atom. The summed E-state index contributed by atoms with van der Waals surface area (Å²) < 4.78 is 38.6. The first-order valence-corrected chi connectivity index (χ1v) is 10.9. The van der Waals surface area contributed by atoms with Gasteiger partial charge in [0.25, 0.3) is 0 Å². The standard InChI is InChI=1S/C19H22ClN3O6S/c1-22-11-13(10-16(22)19(25)29-3)30(26,27)23-8-4-5-15(23)18(24)21-12-6-7-17(28-2)14(20)9-12/h6-7,9-11,15H,4-5,8H2,1-3H3,(H,21,24)/t15-/m1/s1. The van der Waals surface area contributed by atoms with E-state index in [0.29, 0.717) is 29.3 Å². The summed E-state index contributed by atoms with van der Waals surface area (Å²) in [7, 11) is 0.259. The largest absolute Gasteiger partial charge is 0.495 e. The number of halogens is 1. The van der Waals surface area contributed by atoms with Crippen molar-refractivity contribution in [3.8, 4) is 5.75 Å². The Morgan fingerprint density at radius 1 is 1.23 bits per heavy atom. The van der Waals surface area contributed by atoms with Gasteiger partial charge in [-0.2, -0.15) is 4.31 Å². The number of methoxy groups -OCH3 is 2. The molecule has 1 fully saturated rings. The van der Waals surface area contributed by atoms with Crippen molar-refractivity contribution >= 4 is 39.2 Å². The van der Waals surface area contributed by atoms with Crippen LogP contribution in [0.4, 0.5) is 5.69 Å². The number of amides is 1. The first kappa shape index (κ1) is 22.1. The fraction of sp³-hybridized carbons (Fsp3) is 0.368. The van der Waals surface area contributed by atoms with Crippen LogP contribution >= 0.6 is 11.6 Å². The molecule has 1 aliphatic heterocycles. The van der Waals surface area contributed by atoms with Crippen LogP contribution in [0.15, 0.2) is 35.4 Å². The van der Waals surface area contributed by atoms with Gasteiger partial charge >= 0.3 is 5.97 Å². The molecular formula is C19H22ClN3O6S. The molecule has 2 aromatic rings. The van der Waals surface area contributed by atoms with E-state index in [9.17, 15) is 18.0 Å². The first-order chi connectivity index (χ1) is 14.2. The van der Waals surface area contributed by atoms with E-state index >= 15 is 0 Å². The van der Waals surface area contributed by atoms with Crippen molar-refractivity contribution in [2.45, 2.75) is 23.8 Å². The van der Waals surface area contributed by atoms with Gasteiger partial charge in [0.2, 0.25) is 15.9 Å². The number of benzene rings is 1. The van der Waals surface area contributed by atoms with Crippen molar-refractivity contribution in [3.05, 3.63) is 41.2 Å². The molecule has 3 rings (SSSR count). The fourth-order valence-electron chi connectivity index (χ4n) is 3.38. The highest BCUT2D eigenvalue weighted by Crippen LogP contribution is 2.30. The van der Waals surface area contributed by atoms with E-state index in [1.165, 1.54) is 37.1 Å². The number of carbonyl (C=O) groups is 2. The maximum atomic E-state index is 13.2. The molecule has 0 unspecified atom stereocenters. The summed E-state index contributed by atoms with van der Waals surface area (Å²) in [5.74, 6) is -0.641. The highest BCUT2D eigenvalue weighted by molar-refractivity contribution is 7.89. The van der Waals surface area contributed by atoms with Gasteiger partial charge in [-0.15, -0.1) is 0 Å². The predicted molar refractivity (Wildman–Crippen MR) is 110 cm³/mol. The quantitative estimate of drug-likeness (QED) is 0.669. The molecule has 0 spiro atoms. The highest BCUT2D eigenvalue weighted by atomic mass is 35.5. The van der Waals surface area contributed by atoms with E-state index in [4.69, 9.17) is 16.3 Å². The zero-order chi connectivity index (χ0) is 22.1. The van der Waals surface area contributed by atoms with Crippen molar-refractivity contribution in [3.63, 3.8) is 0 Å². The molecule has 1 aromatic heterocycles. The number of anilines is 1. The van der Waals surface area contributed by atoms with Gasteiger partial charge in [-0.05, 0) is 37.1 Å². The summed E-state index contributed by atoms with van der Waals surface area (Å²) in [6, 6.07) is 5.14. The third-order valence-corrected chi connectivity index (χ3v) is 7.08. The minimum absolute atomic E-state index is 0.0717. The van der Waals surface area contributed by atoms with E-state index in [-0.39, 0.29) is 17.1 Å². The second-order valence-corrected chi connectivity index (χ2v) is 9.07. The average molecular weight is 456 g/mol. The van der Waals surface area contributed by atoms with Crippen LogP contribution in [0.1, 0.15) is 23.3 Å². The van der Waals surface area contributed by atoms with Gasteiger partial charge in [0.05, 0.1) is 19.2 Å². The Morgan fingerprint density at radius 2 is 1.97 bits per heavy atom. The number of hydrogen-bond acceptors (Lipinski definition) is 6. The average Bonchev–Trinajstić information content (AvgIpc) is 3.35. The van der Waals surface area contributed by atoms with Crippen LogP contribution in [0.25, 0.3) is 0 Å². The maximum Gasteiger partial charge on any atom is 0.354 e. The van der Waals surface area contributed by atoms with Crippen LogP contribution in [0.5, 0.6) is 5.75 Å². The van der Waals surface area contributed by atoms with Gasteiger partial charge in [0.1, 0.15) is 22.4 Å². The molecule has 0 bridgehead atoms. The lowest BCUT2D eigenvalue weighted by Crippen LogP contribution is -2.43. The Balaban J connectivity index is 1.83. The molecular weight excluding hydrogens is 434 g/mol. The zero-order valence-electron chi connectivity index (χ0n) is 16.7. The van der Waals surface area contributed by atoms with Crippen molar-refractivity contribution in [2.24, 2.45) is 7.05 Å². The van der Waals surface area contributed by atoms with E-state index < -0.39 is 27.9 Å². The van der Waals surface area contributed by atoms with Crippen molar-refractivity contribution in [1.82, 2.24) is 8.87 Å². The van der Waals surface area contributed by atoms with E-state index in [2.05, 4.69) is 10.1 Å². The van der Waals surface area contributed by atoms with Crippen LogP contribution in [0.3, 0.4) is 0 Å². The summed E-state index contributed by atoms with van der Waals surface area (Å²) in [5.41, 5.74) is 0.534. The number of nitrogens with zero attached hydrogens (tertiary/aromatic N) is 2. The minimum Gasteiger partial charge on any atom is -0.495 e. The summed E-state index contributed by atoms with van der Waals surface area (Å²) in [6.07, 6.45) is 2.25. The van der Waals surface area contributed by atoms with Gasteiger partial charge in [-0.3, -0.25) is 4.79 Å². The van der Waals surface area contributed by atoms with Crippen LogP contribution in [0, 0.1) is 0 Å². The molecule has 11 heteroatoms. The Kier molecular flexibility index (Phi) is 6.39. The molecule has 1 N–H and O–H groups in total. The van der Waals surface area contributed by atoms with Crippen LogP contribution in [0.2, 0.25) is 5.02 Å². The molecule has 9 nitrogen and oxygen atoms in total. The predicted octanol–water partition coefficient (Wildman–Crippen LogP) is 2.27. The highest BCUT2D eigenvalue weighted by Gasteiger charge is 2.40. The summed E-state index contributed by atoms with van der Waals surface area (Å²) in [4.78, 5) is 24.6. The monoisotopic (exact) mass is 455 g/mol. The number of esters is 1. The Labute approximate surface area is 179 Å². The van der Waals surface area contributed by atoms with Crippen LogP contribution in [-0.2, 0) is 26.6 Å². The summed E-state index contributed by atoms with van der Waals surface area (Å²) in [6.45, 7) is 0.201. The van der Waals surface area contributed by atoms with E-state index in [1.54, 1.807) is 19.2 Å². The molecule has 1 aliphatic rings. The van der Waals surface area contributed by atoms with Gasteiger partial charge in [0, 0.05) is 25.5 Å². The number of carbonyl (C=O) groups excluding carboxylic acids is 2. The van der Waals surface area contributed by atoms with Crippen LogP contribution < -0.4 is 10.1 Å². The van der Waals surface area contributed by atoms with Gasteiger partial charge in [-0.1, -0.05) is 11.6 Å². The van der Waals surface area contributed by atoms with Crippen molar-refractivity contribution in [1.29, 1.82) is 0 Å². The third-order valence-electron chi connectivity index (χ3n) is 4.91. The lowest BCUT2D eigenvalue weighted by molar-refractivity contribution is -0.119.